The number of para-hydroxylation sites is 1. The zero-order chi connectivity index (χ0) is 13.8. The topological polar surface area (TPSA) is 28.2 Å². The third-order valence-corrected chi connectivity index (χ3v) is 4.26. The maximum atomic E-state index is 4.41. The summed E-state index contributed by atoms with van der Waals surface area (Å²) in [5, 5.41) is 4.86. The first kappa shape index (κ1) is 13.5. The van der Waals surface area contributed by atoms with Gasteiger partial charge in [0.2, 0.25) is 0 Å². The average molecular weight is 269 g/mol. The minimum absolute atomic E-state index is 0.630. The van der Waals surface area contributed by atoms with Crippen molar-refractivity contribution in [3.63, 3.8) is 0 Å². The summed E-state index contributed by atoms with van der Waals surface area (Å²) in [6, 6.07) is 11.1. The number of rotatable bonds is 5. The number of aromatic nitrogens is 1. The van der Waals surface area contributed by atoms with Gasteiger partial charge in [-0.15, -0.1) is 0 Å². The van der Waals surface area contributed by atoms with Gasteiger partial charge in [-0.1, -0.05) is 18.2 Å². The van der Waals surface area contributed by atoms with E-state index in [0.717, 1.165) is 18.6 Å². The standard InChI is InChI=1S/C17H23N3/c1-14(20-10-4-5-11-20)12-18-13-15-8-9-19-17-7-3-2-6-16(15)17/h2-3,6-9,14,18H,4-5,10-13H2,1H3. The number of nitrogens with one attached hydrogen (secondary N) is 1. The summed E-state index contributed by atoms with van der Waals surface area (Å²) in [6.45, 7) is 6.82. The van der Waals surface area contributed by atoms with Crippen LogP contribution in [0.1, 0.15) is 25.3 Å². The highest BCUT2D eigenvalue weighted by atomic mass is 15.2. The van der Waals surface area contributed by atoms with Crippen molar-refractivity contribution in [1.29, 1.82) is 0 Å². The second-order valence-corrected chi connectivity index (χ2v) is 5.71. The van der Waals surface area contributed by atoms with Gasteiger partial charge in [0.25, 0.3) is 0 Å². The van der Waals surface area contributed by atoms with Gasteiger partial charge in [0, 0.05) is 30.7 Å². The van der Waals surface area contributed by atoms with Crippen molar-refractivity contribution in [3.8, 4) is 0 Å². The molecule has 1 aliphatic rings. The van der Waals surface area contributed by atoms with E-state index in [1.807, 2.05) is 12.3 Å². The number of hydrogen-bond donors (Lipinski definition) is 1. The largest absolute Gasteiger partial charge is 0.311 e. The first-order chi connectivity index (χ1) is 9.84. The van der Waals surface area contributed by atoms with Crippen molar-refractivity contribution in [1.82, 2.24) is 15.2 Å². The second-order valence-electron chi connectivity index (χ2n) is 5.71. The summed E-state index contributed by atoms with van der Waals surface area (Å²) in [5.41, 5.74) is 2.42. The molecule has 2 heterocycles. The lowest BCUT2D eigenvalue weighted by atomic mass is 10.1. The van der Waals surface area contributed by atoms with E-state index >= 15 is 0 Å². The van der Waals surface area contributed by atoms with E-state index in [4.69, 9.17) is 0 Å². The van der Waals surface area contributed by atoms with Gasteiger partial charge < -0.3 is 5.32 Å². The van der Waals surface area contributed by atoms with Gasteiger partial charge >= 0.3 is 0 Å². The van der Waals surface area contributed by atoms with Crippen LogP contribution >= 0.6 is 0 Å². The first-order valence-electron chi connectivity index (χ1n) is 7.62. The summed E-state index contributed by atoms with van der Waals surface area (Å²) >= 11 is 0. The van der Waals surface area contributed by atoms with Gasteiger partial charge in [-0.3, -0.25) is 9.88 Å². The fraction of sp³-hybridized carbons (Fsp3) is 0.471. The van der Waals surface area contributed by atoms with E-state index in [0.29, 0.717) is 6.04 Å². The molecule has 0 saturated carbocycles. The molecule has 2 aromatic rings. The number of benzene rings is 1. The van der Waals surface area contributed by atoms with E-state index < -0.39 is 0 Å². The maximum absolute atomic E-state index is 4.41. The molecule has 0 bridgehead atoms. The molecule has 1 saturated heterocycles. The fourth-order valence-corrected chi connectivity index (χ4v) is 3.04. The highest BCUT2D eigenvalue weighted by Gasteiger charge is 2.17. The molecule has 0 amide bonds. The molecule has 106 valence electrons. The van der Waals surface area contributed by atoms with Gasteiger partial charge in [0.15, 0.2) is 0 Å². The average Bonchev–Trinajstić information content (AvgIpc) is 3.02. The Morgan fingerprint density at radius 1 is 1.20 bits per heavy atom. The minimum atomic E-state index is 0.630. The summed E-state index contributed by atoms with van der Waals surface area (Å²) in [6.07, 6.45) is 4.63. The van der Waals surface area contributed by atoms with Crippen molar-refractivity contribution in [3.05, 3.63) is 42.1 Å². The van der Waals surface area contributed by atoms with E-state index in [2.05, 4.69) is 46.4 Å². The molecule has 3 rings (SSSR count). The zero-order valence-corrected chi connectivity index (χ0v) is 12.2. The van der Waals surface area contributed by atoms with Crippen LogP contribution in [-0.2, 0) is 6.54 Å². The van der Waals surface area contributed by atoms with Crippen LogP contribution in [0.15, 0.2) is 36.5 Å². The van der Waals surface area contributed by atoms with Crippen molar-refractivity contribution in [2.24, 2.45) is 0 Å². The van der Waals surface area contributed by atoms with Crippen LogP contribution in [0.25, 0.3) is 10.9 Å². The van der Waals surface area contributed by atoms with E-state index in [1.165, 1.54) is 36.9 Å². The van der Waals surface area contributed by atoms with Crippen LogP contribution in [-0.4, -0.2) is 35.6 Å². The predicted molar refractivity (Wildman–Crippen MR) is 83.7 cm³/mol. The summed E-state index contributed by atoms with van der Waals surface area (Å²) in [4.78, 5) is 6.99. The fourth-order valence-electron chi connectivity index (χ4n) is 3.04. The molecule has 0 radical (unpaired) electrons. The minimum Gasteiger partial charge on any atom is -0.311 e. The normalized spacial score (nSPS) is 17.6. The maximum Gasteiger partial charge on any atom is 0.0705 e. The van der Waals surface area contributed by atoms with E-state index in [9.17, 15) is 0 Å². The van der Waals surface area contributed by atoms with Crippen LogP contribution in [0.5, 0.6) is 0 Å². The predicted octanol–water partition coefficient (Wildman–Crippen LogP) is 2.81. The third-order valence-electron chi connectivity index (χ3n) is 4.26. The van der Waals surface area contributed by atoms with E-state index in [1.54, 1.807) is 0 Å². The number of likely N-dealkylation sites (tertiary alicyclic amines) is 1. The molecule has 3 heteroatoms. The Morgan fingerprint density at radius 2 is 2.00 bits per heavy atom. The molecule has 3 nitrogen and oxygen atoms in total. The smallest absolute Gasteiger partial charge is 0.0705 e. The summed E-state index contributed by atoms with van der Waals surface area (Å²) in [5.74, 6) is 0. The number of pyridine rings is 1. The molecule has 20 heavy (non-hydrogen) atoms. The number of nitrogens with zero attached hydrogens (tertiary/aromatic N) is 2. The Balaban J connectivity index is 1.59. The van der Waals surface area contributed by atoms with Crippen LogP contribution < -0.4 is 5.32 Å². The summed E-state index contributed by atoms with van der Waals surface area (Å²) < 4.78 is 0. The second kappa shape index (κ2) is 6.33. The molecule has 1 aromatic carbocycles. The number of hydrogen-bond acceptors (Lipinski definition) is 3. The Labute approximate surface area is 121 Å². The van der Waals surface area contributed by atoms with Crippen LogP contribution in [0.3, 0.4) is 0 Å². The molecule has 1 fully saturated rings. The van der Waals surface area contributed by atoms with Crippen LogP contribution in [0.2, 0.25) is 0 Å². The first-order valence-corrected chi connectivity index (χ1v) is 7.62. The van der Waals surface area contributed by atoms with Crippen molar-refractivity contribution >= 4 is 10.9 Å². The van der Waals surface area contributed by atoms with Gasteiger partial charge in [-0.05, 0) is 50.6 Å². The molecular weight excluding hydrogens is 246 g/mol. The quantitative estimate of drug-likeness (QED) is 0.904. The number of fused-ring (bicyclic) bond motifs is 1. The Bertz CT molecular complexity index is 556. The molecule has 0 aliphatic carbocycles. The molecule has 1 N–H and O–H groups in total. The van der Waals surface area contributed by atoms with Crippen molar-refractivity contribution in [2.45, 2.75) is 32.4 Å². The third kappa shape index (κ3) is 3.00. The van der Waals surface area contributed by atoms with Gasteiger partial charge in [-0.2, -0.15) is 0 Å². The van der Waals surface area contributed by atoms with Gasteiger partial charge in [-0.25, -0.2) is 0 Å². The van der Waals surface area contributed by atoms with Crippen LogP contribution in [0, 0.1) is 0 Å². The highest BCUT2D eigenvalue weighted by Crippen LogP contribution is 2.16. The highest BCUT2D eigenvalue weighted by molar-refractivity contribution is 5.81. The SMILES string of the molecule is CC(CNCc1ccnc2ccccc12)N1CCCC1. The van der Waals surface area contributed by atoms with Crippen molar-refractivity contribution in [2.75, 3.05) is 19.6 Å². The molecule has 1 aliphatic heterocycles. The Morgan fingerprint density at radius 3 is 2.85 bits per heavy atom. The van der Waals surface area contributed by atoms with Crippen molar-refractivity contribution < 1.29 is 0 Å². The zero-order valence-electron chi connectivity index (χ0n) is 12.2. The van der Waals surface area contributed by atoms with Gasteiger partial charge in [0.1, 0.15) is 0 Å². The van der Waals surface area contributed by atoms with E-state index in [-0.39, 0.29) is 0 Å². The Kier molecular flexibility index (Phi) is 4.28. The Hall–Kier alpha value is -1.45. The van der Waals surface area contributed by atoms with Crippen LogP contribution in [0.4, 0.5) is 0 Å². The lowest BCUT2D eigenvalue weighted by molar-refractivity contribution is 0.252. The molecule has 1 atom stereocenters. The molecule has 1 unspecified atom stereocenters. The molecular formula is C17H23N3. The summed E-state index contributed by atoms with van der Waals surface area (Å²) in [7, 11) is 0. The van der Waals surface area contributed by atoms with Gasteiger partial charge in [0.05, 0.1) is 5.52 Å². The monoisotopic (exact) mass is 269 g/mol. The lowest BCUT2D eigenvalue weighted by Crippen LogP contribution is -2.38. The lowest BCUT2D eigenvalue weighted by Gasteiger charge is -2.24. The molecule has 0 spiro atoms. The molecule has 1 aromatic heterocycles.